The third-order valence-corrected chi connectivity index (χ3v) is 14.9. The summed E-state index contributed by atoms with van der Waals surface area (Å²) in [5.74, 6) is 4.01. The highest BCUT2D eigenvalue weighted by molar-refractivity contribution is 6.00. The van der Waals surface area contributed by atoms with E-state index in [0.717, 1.165) is 66.9 Å². The number of fused-ring (bicyclic) bond motifs is 6. The highest BCUT2D eigenvalue weighted by Crippen LogP contribution is 2.67. The standard InChI is InChI=1S/C39H54N4O3/c1-25-10-13-30-29-12-11-28-22-35(44)34(23-39(28,3)31(29)14-15-38(25,30)2)41-17-19-42(20-18-41)37(46)33-9-6-16-43(33)36(45)27-21-26-7-4-5-8-32(26)40-24-27/h4-5,7-8,21,24-25,28-31,33-35,44H,6,9-20,22-23H2,1-3H3/t25-,28?,29?,30?,31?,33-,34-,35-,38+,39-/m0/s1. The summed E-state index contributed by atoms with van der Waals surface area (Å²) in [6.45, 7) is 11.3. The fraction of sp³-hybridized carbons (Fsp3) is 0.718. The molecule has 3 heterocycles. The topological polar surface area (TPSA) is 77.0 Å². The van der Waals surface area contributed by atoms with Gasteiger partial charge in [0.05, 0.1) is 17.2 Å². The lowest BCUT2D eigenvalue weighted by Crippen LogP contribution is -2.62. The number of hydrogen-bond acceptors (Lipinski definition) is 5. The Morgan fingerprint density at radius 1 is 0.913 bits per heavy atom. The molecule has 2 aliphatic heterocycles. The maximum Gasteiger partial charge on any atom is 0.256 e. The highest BCUT2D eigenvalue weighted by atomic mass is 16.3. The van der Waals surface area contributed by atoms with E-state index >= 15 is 0 Å². The fourth-order valence-corrected chi connectivity index (χ4v) is 12.0. The van der Waals surface area contributed by atoms with Crippen molar-refractivity contribution >= 4 is 22.7 Å². The third-order valence-electron chi connectivity index (χ3n) is 14.9. The van der Waals surface area contributed by atoms with E-state index in [1.165, 1.54) is 38.5 Å². The molecule has 6 fully saturated rings. The zero-order valence-corrected chi connectivity index (χ0v) is 28.2. The molecule has 1 aromatic carbocycles. The van der Waals surface area contributed by atoms with E-state index in [0.29, 0.717) is 48.4 Å². The molecule has 0 bridgehead atoms. The Balaban J connectivity index is 0.922. The van der Waals surface area contributed by atoms with Crippen molar-refractivity contribution < 1.29 is 14.7 Å². The van der Waals surface area contributed by atoms with Gasteiger partial charge in [-0.1, -0.05) is 39.0 Å². The van der Waals surface area contributed by atoms with E-state index < -0.39 is 6.04 Å². The molecule has 4 aliphatic carbocycles. The summed E-state index contributed by atoms with van der Waals surface area (Å²) in [7, 11) is 0. The molecule has 1 N–H and O–H groups in total. The number of aliphatic hydroxyl groups is 1. The molecule has 2 aromatic rings. The second-order valence-electron chi connectivity index (χ2n) is 16.7. The monoisotopic (exact) mass is 626 g/mol. The minimum absolute atomic E-state index is 0.0848. The Kier molecular flexibility index (Phi) is 7.75. The van der Waals surface area contributed by atoms with Gasteiger partial charge >= 0.3 is 0 Å². The van der Waals surface area contributed by atoms with Crippen LogP contribution in [0.15, 0.2) is 36.5 Å². The number of para-hydroxylation sites is 1. The average Bonchev–Trinajstić information content (AvgIpc) is 3.68. The van der Waals surface area contributed by atoms with Gasteiger partial charge in [0.2, 0.25) is 5.91 Å². The number of aliphatic hydroxyl groups excluding tert-OH is 1. The van der Waals surface area contributed by atoms with Gasteiger partial charge in [-0.25, -0.2) is 0 Å². The van der Waals surface area contributed by atoms with Crippen molar-refractivity contribution in [2.24, 2.45) is 40.4 Å². The van der Waals surface area contributed by atoms with Gasteiger partial charge in [-0.05, 0) is 117 Å². The van der Waals surface area contributed by atoms with Crippen LogP contribution in [0.4, 0.5) is 0 Å². The van der Waals surface area contributed by atoms with Gasteiger partial charge in [0.25, 0.3) is 5.91 Å². The van der Waals surface area contributed by atoms with Gasteiger partial charge in [0.1, 0.15) is 6.04 Å². The molecule has 46 heavy (non-hydrogen) atoms. The SMILES string of the molecule is C[C@H]1CCC2C3CCC4C[C@H](O)[C@@H](N5CCN(C(=O)[C@@H]6CCCN6C(=O)c6cnc7ccccc7c6)CC5)C[C@]4(C)C3CC[C@@]21C. The molecule has 2 saturated heterocycles. The summed E-state index contributed by atoms with van der Waals surface area (Å²) >= 11 is 0. The molecular formula is C39H54N4O3. The van der Waals surface area contributed by atoms with Gasteiger partial charge < -0.3 is 14.9 Å². The van der Waals surface area contributed by atoms with E-state index in [4.69, 9.17) is 0 Å². The Hall–Kier alpha value is -2.51. The van der Waals surface area contributed by atoms with Crippen LogP contribution in [0.5, 0.6) is 0 Å². The minimum atomic E-state index is -0.403. The normalized spacial score (nSPS) is 41.2. The molecule has 2 amide bonds. The van der Waals surface area contributed by atoms with Crippen molar-refractivity contribution in [2.75, 3.05) is 32.7 Å². The number of hydrogen-bond donors (Lipinski definition) is 1. The molecule has 0 spiro atoms. The first-order valence-corrected chi connectivity index (χ1v) is 18.5. The molecule has 10 atom stereocenters. The zero-order valence-electron chi connectivity index (χ0n) is 28.2. The molecule has 8 rings (SSSR count). The van der Waals surface area contributed by atoms with Crippen LogP contribution in [0.1, 0.15) is 95.3 Å². The lowest BCUT2D eigenvalue weighted by atomic mass is 9.44. The van der Waals surface area contributed by atoms with Gasteiger partial charge in [-0.3, -0.25) is 19.5 Å². The van der Waals surface area contributed by atoms with Gasteiger partial charge in [-0.15, -0.1) is 0 Å². The molecule has 0 radical (unpaired) electrons. The van der Waals surface area contributed by atoms with Gasteiger partial charge in [0.15, 0.2) is 0 Å². The number of benzene rings is 1. The van der Waals surface area contributed by atoms with Crippen molar-refractivity contribution in [3.8, 4) is 0 Å². The molecule has 1 aromatic heterocycles. The first-order chi connectivity index (χ1) is 22.2. The van der Waals surface area contributed by atoms with Crippen LogP contribution >= 0.6 is 0 Å². The molecular weight excluding hydrogens is 572 g/mol. The second-order valence-corrected chi connectivity index (χ2v) is 16.7. The summed E-state index contributed by atoms with van der Waals surface area (Å²) < 4.78 is 0. The first kappa shape index (κ1) is 30.8. The summed E-state index contributed by atoms with van der Waals surface area (Å²) in [4.78, 5) is 38.3. The molecule has 248 valence electrons. The molecule has 6 aliphatic rings. The van der Waals surface area contributed by atoms with Crippen LogP contribution in [0.3, 0.4) is 0 Å². The predicted octanol–water partition coefficient (Wildman–Crippen LogP) is 6.00. The van der Waals surface area contributed by atoms with E-state index in [1.807, 2.05) is 35.2 Å². The van der Waals surface area contributed by atoms with Crippen molar-refractivity contribution in [2.45, 2.75) is 103 Å². The number of rotatable bonds is 3. The lowest BCUT2D eigenvalue weighted by Gasteiger charge is -2.62. The second kappa shape index (κ2) is 11.6. The minimum Gasteiger partial charge on any atom is -0.391 e. The number of carbonyl (C=O) groups excluding carboxylic acids is 2. The van der Waals surface area contributed by atoms with E-state index in [2.05, 4.69) is 30.7 Å². The lowest BCUT2D eigenvalue weighted by molar-refractivity contribution is -0.153. The fourth-order valence-electron chi connectivity index (χ4n) is 12.0. The number of carbonyl (C=O) groups is 2. The number of aromatic nitrogens is 1. The van der Waals surface area contributed by atoms with Crippen LogP contribution in [0, 0.1) is 40.4 Å². The largest absolute Gasteiger partial charge is 0.391 e. The van der Waals surface area contributed by atoms with Crippen LogP contribution in [0.25, 0.3) is 10.9 Å². The van der Waals surface area contributed by atoms with Gasteiger partial charge in [-0.2, -0.15) is 0 Å². The number of piperazine rings is 1. The quantitative estimate of drug-likeness (QED) is 0.452. The number of nitrogens with zero attached hydrogens (tertiary/aromatic N) is 4. The maximum atomic E-state index is 13.9. The molecule has 7 nitrogen and oxygen atoms in total. The number of likely N-dealkylation sites (tertiary alicyclic amines) is 1. The van der Waals surface area contributed by atoms with Crippen LogP contribution in [0.2, 0.25) is 0 Å². The van der Waals surface area contributed by atoms with Crippen molar-refractivity contribution in [3.05, 3.63) is 42.1 Å². The Morgan fingerprint density at radius 2 is 1.70 bits per heavy atom. The van der Waals surface area contributed by atoms with Crippen LogP contribution in [-0.2, 0) is 4.79 Å². The smallest absolute Gasteiger partial charge is 0.256 e. The first-order valence-electron chi connectivity index (χ1n) is 18.5. The predicted molar refractivity (Wildman–Crippen MR) is 180 cm³/mol. The molecule has 4 unspecified atom stereocenters. The highest BCUT2D eigenvalue weighted by Gasteiger charge is 2.60. The zero-order chi connectivity index (χ0) is 31.8. The van der Waals surface area contributed by atoms with E-state index in [1.54, 1.807) is 11.1 Å². The summed E-state index contributed by atoms with van der Waals surface area (Å²) in [6, 6.07) is 9.50. The van der Waals surface area contributed by atoms with Gasteiger partial charge in [0, 0.05) is 50.3 Å². The van der Waals surface area contributed by atoms with Crippen molar-refractivity contribution in [1.82, 2.24) is 19.7 Å². The van der Waals surface area contributed by atoms with Crippen molar-refractivity contribution in [1.29, 1.82) is 0 Å². The maximum absolute atomic E-state index is 13.9. The summed E-state index contributed by atoms with van der Waals surface area (Å²) in [5, 5.41) is 12.5. The van der Waals surface area contributed by atoms with E-state index in [-0.39, 0.29) is 24.0 Å². The van der Waals surface area contributed by atoms with E-state index in [9.17, 15) is 14.7 Å². The average molecular weight is 627 g/mol. The molecule has 7 heteroatoms. The molecule has 4 saturated carbocycles. The number of pyridine rings is 1. The summed E-state index contributed by atoms with van der Waals surface area (Å²) in [6.07, 6.45) is 13.2. The van der Waals surface area contributed by atoms with Crippen LogP contribution in [-0.4, -0.2) is 87.5 Å². The Morgan fingerprint density at radius 3 is 2.52 bits per heavy atom. The third kappa shape index (κ3) is 4.84. The van der Waals surface area contributed by atoms with Crippen LogP contribution < -0.4 is 0 Å². The Bertz CT molecular complexity index is 1490. The number of amides is 2. The van der Waals surface area contributed by atoms with Crippen molar-refractivity contribution in [3.63, 3.8) is 0 Å². The Labute approximate surface area is 275 Å². The summed E-state index contributed by atoms with van der Waals surface area (Å²) in [5.41, 5.74) is 2.26.